The zero-order valence-corrected chi connectivity index (χ0v) is 8.58. The molecule has 0 spiro atoms. The van der Waals surface area contributed by atoms with E-state index in [1.54, 1.807) is 31.6 Å². The van der Waals surface area contributed by atoms with E-state index in [0.717, 1.165) is 5.56 Å². The standard InChI is InChI=1S/C11H10N2O3/c1-13-8(7-3-2-4-12-6-7)5-9(14)10(13)11(15)16/h2-6,14H,1H3,(H,15,16). The van der Waals surface area contributed by atoms with Crippen molar-refractivity contribution in [1.82, 2.24) is 9.55 Å². The molecule has 2 rings (SSSR count). The van der Waals surface area contributed by atoms with E-state index in [1.165, 1.54) is 10.6 Å². The van der Waals surface area contributed by atoms with Gasteiger partial charge in [0.2, 0.25) is 0 Å². The Morgan fingerprint density at radius 1 is 1.50 bits per heavy atom. The van der Waals surface area contributed by atoms with Crippen LogP contribution in [0.25, 0.3) is 11.3 Å². The van der Waals surface area contributed by atoms with E-state index >= 15 is 0 Å². The smallest absolute Gasteiger partial charge is 0.356 e. The Kier molecular flexibility index (Phi) is 2.36. The molecule has 0 aliphatic heterocycles. The Hall–Kier alpha value is -2.30. The number of aromatic nitrogens is 2. The molecule has 0 unspecified atom stereocenters. The fourth-order valence-corrected chi connectivity index (χ4v) is 1.63. The molecule has 0 aliphatic rings. The van der Waals surface area contributed by atoms with Crippen LogP contribution in [0.5, 0.6) is 5.75 Å². The molecular weight excluding hydrogens is 208 g/mol. The van der Waals surface area contributed by atoms with Gasteiger partial charge in [-0.2, -0.15) is 0 Å². The van der Waals surface area contributed by atoms with Crippen LogP contribution in [0, 0.1) is 0 Å². The van der Waals surface area contributed by atoms with Gasteiger partial charge >= 0.3 is 5.97 Å². The quantitative estimate of drug-likeness (QED) is 0.800. The van der Waals surface area contributed by atoms with Gasteiger partial charge in [-0.15, -0.1) is 0 Å². The van der Waals surface area contributed by atoms with Crippen LogP contribution < -0.4 is 0 Å². The largest absolute Gasteiger partial charge is 0.505 e. The molecular formula is C11H10N2O3. The highest BCUT2D eigenvalue weighted by atomic mass is 16.4. The molecule has 2 heterocycles. The van der Waals surface area contributed by atoms with Gasteiger partial charge < -0.3 is 14.8 Å². The van der Waals surface area contributed by atoms with Gasteiger partial charge in [0.1, 0.15) is 5.75 Å². The summed E-state index contributed by atoms with van der Waals surface area (Å²) in [5.41, 5.74) is 1.25. The number of pyridine rings is 1. The second-order valence-corrected chi connectivity index (χ2v) is 3.37. The molecule has 2 aromatic rings. The van der Waals surface area contributed by atoms with E-state index in [1.807, 2.05) is 0 Å². The second-order valence-electron chi connectivity index (χ2n) is 3.37. The number of aromatic carboxylic acids is 1. The third-order valence-corrected chi connectivity index (χ3v) is 2.37. The zero-order chi connectivity index (χ0) is 11.7. The summed E-state index contributed by atoms with van der Waals surface area (Å²) in [7, 11) is 1.59. The van der Waals surface area contributed by atoms with Crippen molar-refractivity contribution in [3.05, 3.63) is 36.3 Å². The van der Waals surface area contributed by atoms with Gasteiger partial charge in [0.25, 0.3) is 0 Å². The number of nitrogens with zero attached hydrogens (tertiary/aromatic N) is 2. The van der Waals surface area contributed by atoms with Crippen LogP contribution in [0.3, 0.4) is 0 Å². The summed E-state index contributed by atoms with van der Waals surface area (Å²) < 4.78 is 1.43. The summed E-state index contributed by atoms with van der Waals surface area (Å²) in [4.78, 5) is 14.8. The maximum absolute atomic E-state index is 10.9. The number of rotatable bonds is 2. The van der Waals surface area contributed by atoms with Crippen LogP contribution >= 0.6 is 0 Å². The highest BCUT2D eigenvalue weighted by Gasteiger charge is 2.18. The van der Waals surface area contributed by atoms with Gasteiger partial charge in [0.15, 0.2) is 5.69 Å². The maximum atomic E-state index is 10.9. The molecule has 0 radical (unpaired) electrons. The first kappa shape index (κ1) is 10.2. The molecule has 5 nitrogen and oxygen atoms in total. The SMILES string of the molecule is Cn1c(-c2cccnc2)cc(O)c1C(=O)O. The van der Waals surface area contributed by atoms with Gasteiger partial charge in [0.05, 0.1) is 5.69 Å². The molecule has 0 amide bonds. The summed E-state index contributed by atoms with van der Waals surface area (Å²) in [5, 5.41) is 18.4. The summed E-state index contributed by atoms with van der Waals surface area (Å²) in [5.74, 6) is -1.40. The maximum Gasteiger partial charge on any atom is 0.356 e. The lowest BCUT2D eigenvalue weighted by atomic mass is 10.2. The van der Waals surface area contributed by atoms with E-state index in [4.69, 9.17) is 5.11 Å². The summed E-state index contributed by atoms with van der Waals surface area (Å²) >= 11 is 0. The van der Waals surface area contributed by atoms with Crippen molar-refractivity contribution in [3.8, 4) is 17.0 Å². The minimum atomic E-state index is -1.16. The van der Waals surface area contributed by atoms with Crippen molar-refractivity contribution in [1.29, 1.82) is 0 Å². The van der Waals surface area contributed by atoms with Crippen molar-refractivity contribution in [2.24, 2.45) is 7.05 Å². The topological polar surface area (TPSA) is 75.3 Å². The van der Waals surface area contributed by atoms with Crippen LogP contribution in [0.2, 0.25) is 0 Å². The van der Waals surface area contributed by atoms with E-state index in [9.17, 15) is 9.90 Å². The number of hydrogen-bond acceptors (Lipinski definition) is 3. The first-order valence-corrected chi connectivity index (χ1v) is 4.63. The average Bonchev–Trinajstić information content (AvgIpc) is 2.55. The molecule has 0 atom stereocenters. The second kappa shape index (κ2) is 3.69. The lowest BCUT2D eigenvalue weighted by Gasteiger charge is -2.03. The van der Waals surface area contributed by atoms with Crippen molar-refractivity contribution in [2.45, 2.75) is 0 Å². The van der Waals surface area contributed by atoms with E-state index in [-0.39, 0.29) is 11.4 Å². The highest BCUT2D eigenvalue weighted by molar-refractivity contribution is 5.91. The van der Waals surface area contributed by atoms with Crippen LogP contribution in [-0.4, -0.2) is 25.7 Å². The Labute approximate surface area is 91.6 Å². The minimum absolute atomic E-state index is 0.126. The molecule has 2 aromatic heterocycles. The molecule has 0 bridgehead atoms. The van der Waals surface area contributed by atoms with Gasteiger partial charge in [0, 0.05) is 31.1 Å². The van der Waals surface area contributed by atoms with Crippen molar-refractivity contribution < 1.29 is 15.0 Å². The molecule has 0 fully saturated rings. The Balaban J connectivity index is 2.61. The van der Waals surface area contributed by atoms with Gasteiger partial charge in [-0.1, -0.05) is 0 Å². The number of carboxylic acids is 1. The van der Waals surface area contributed by atoms with Crippen LogP contribution in [0.4, 0.5) is 0 Å². The molecule has 0 saturated carbocycles. The fraction of sp³-hybridized carbons (Fsp3) is 0.0909. The molecule has 0 aliphatic carbocycles. The van der Waals surface area contributed by atoms with Crippen molar-refractivity contribution in [3.63, 3.8) is 0 Å². The van der Waals surface area contributed by atoms with E-state index < -0.39 is 5.97 Å². The van der Waals surface area contributed by atoms with Gasteiger partial charge in [-0.25, -0.2) is 4.79 Å². The van der Waals surface area contributed by atoms with Crippen LogP contribution in [0.15, 0.2) is 30.6 Å². The normalized spacial score (nSPS) is 10.3. The third kappa shape index (κ3) is 1.52. The number of carboxylic acid groups (broad SMARTS) is 1. The zero-order valence-electron chi connectivity index (χ0n) is 8.58. The summed E-state index contributed by atoms with van der Waals surface area (Å²) in [6.45, 7) is 0. The monoisotopic (exact) mass is 218 g/mol. The van der Waals surface area contributed by atoms with E-state index in [0.29, 0.717) is 5.69 Å². The van der Waals surface area contributed by atoms with Crippen LogP contribution in [0.1, 0.15) is 10.5 Å². The molecule has 0 saturated heterocycles. The lowest BCUT2D eigenvalue weighted by Crippen LogP contribution is -2.05. The predicted molar refractivity (Wildman–Crippen MR) is 57.3 cm³/mol. The van der Waals surface area contributed by atoms with Crippen LogP contribution in [-0.2, 0) is 7.05 Å². The lowest BCUT2D eigenvalue weighted by molar-refractivity contribution is 0.0683. The molecule has 5 heteroatoms. The first-order valence-electron chi connectivity index (χ1n) is 4.63. The molecule has 2 N–H and O–H groups in total. The van der Waals surface area contributed by atoms with Crippen molar-refractivity contribution in [2.75, 3.05) is 0 Å². The Morgan fingerprint density at radius 2 is 2.25 bits per heavy atom. The molecule has 0 aromatic carbocycles. The molecule has 82 valence electrons. The predicted octanol–water partition coefficient (Wildman–Crippen LogP) is 1.49. The Bertz CT molecular complexity index is 532. The summed E-state index contributed by atoms with van der Waals surface area (Å²) in [6, 6.07) is 4.97. The van der Waals surface area contributed by atoms with Crippen molar-refractivity contribution >= 4 is 5.97 Å². The average molecular weight is 218 g/mol. The van der Waals surface area contributed by atoms with Gasteiger partial charge in [-0.3, -0.25) is 4.98 Å². The fourth-order valence-electron chi connectivity index (χ4n) is 1.63. The summed E-state index contributed by atoms with van der Waals surface area (Å²) in [6.07, 6.45) is 3.24. The highest BCUT2D eigenvalue weighted by Crippen LogP contribution is 2.28. The Morgan fingerprint density at radius 3 is 2.75 bits per heavy atom. The number of hydrogen-bond donors (Lipinski definition) is 2. The number of aromatic hydroxyl groups is 1. The number of carbonyl (C=O) groups is 1. The van der Waals surface area contributed by atoms with Gasteiger partial charge in [-0.05, 0) is 12.1 Å². The first-order chi connectivity index (χ1) is 7.61. The van der Waals surface area contributed by atoms with E-state index in [2.05, 4.69) is 4.98 Å². The minimum Gasteiger partial charge on any atom is -0.505 e. The third-order valence-electron chi connectivity index (χ3n) is 2.37. The molecule has 16 heavy (non-hydrogen) atoms.